The molecule has 0 aromatic rings. The van der Waals surface area contributed by atoms with Gasteiger partial charge in [0.05, 0.1) is 6.10 Å². The van der Waals surface area contributed by atoms with Gasteiger partial charge in [0.25, 0.3) is 0 Å². The predicted octanol–water partition coefficient (Wildman–Crippen LogP) is 3.36. The number of rotatable bonds is 8. The zero-order chi connectivity index (χ0) is 11.8. The Morgan fingerprint density at radius 3 is 2.50 bits per heavy atom. The molecule has 0 spiro atoms. The van der Waals surface area contributed by atoms with E-state index in [9.17, 15) is 0 Å². The highest BCUT2D eigenvalue weighted by atomic mass is 16.5. The number of ether oxygens (including phenoxy) is 1. The Balaban J connectivity index is 2.17. The van der Waals surface area contributed by atoms with Gasteiger partial charge in [-0.05, 0) is 45.1 Å². The molecule has 0 aromatic carbocycles. The van der Waals surface area contributed by atoms with E-state index in [1.165, 1.54) is 32.1 Å². The largest absolute Gasteiger partial charge is 0.377 e. The summed E-state index contributed by atoms with van der Waals surface area (Å²) in [5, 5.41) is 3.57. The second kappa shape index (κ2) is 8.08. The third-order valence-corrected chi connectivity index (χ3v) is 3.73. The van der Waals surface area contributed by atoms with E-state index in [4.69, 9.17) is 4.74 Å². The summed E-state index contributed by atoms with van der Waals surface area (Å²) in [5.74, 6) is 0.839. The van der Waals surface area contributed by atoms with Crippen LogP contribution in [0.15, 0.2) is 0 Å². The summed E-state index contributed by atoms with van der Waals surface area (Å²) in [6.07, 6.45) is 8.30. The highest BCUT2D eigenvalue weighted by molar-refractivity contribution is 4.73. The minimum atomic E-state index is 0.358. The molecule has 2 atom stereocenters. The van der Waals surface area contributed by atoms with Crippen molar-refractivity contribution in [3.63, 3.8) is 0 Å². The molecule has 1 fully saturated rings. The third-order valence-electron chi connectivity index (χ3n) is 3.73. The molecule has 0 aliphatic heterocycles. The van der Waals surface area contributed by atoms with E-state index < -0.39 is 0 Å². The molecule has 1 aliphatic carbocycles. The van der Waals surface area contributed by atoms with Gasteiger partial charge >= 0.3 is 0 Å². The standard InChI is InChI=1S/C14H29NO/c1-4-10-15-14(5-2)12(3)16-11-13-8-6-7-9-13/h12-15H,4-11H2,1-3H3. The quantitative estimate of drug-likeness (QED) is 0.686. The van der Waals surface area contributed by atoms with Crippen molar-refractivity contribution in [2.24, 2.45) is 5.92 Å². The van der Waals surface area contributed by atoms with Gasteiger partial charge in [-0.1, -0.05) is 26.7 Å². The van der Waals surface area contributed by atoms with Gasteiger partial charge in [-0.2, -0.15) is 0 Å². The van der Waals surface area contributed by atoms with Gasteiger partial charge in [0, 0.05) is 12.6 Å². The van der Waals surface area contributed by atoms with Crippen LogP contribution in [0.25, 0.3) is 0 Å². The Hall–Kier alpha value is -0.0800. The lowest BCUT2D eigenvalue weighted by Gasteiger charge is -2.25. The van der Waals surface area contributed by atoms with Crippen molar-refractivity contribution in [1.82, 2.24) is 5.32 Å². The van der Waals surface area contributed by atoms with Crippen LogP contribution in [-0.4, -0.2) is 25.3 Å². The molecule has 1 saturated carbocycles. The second-order valence-electron chi connectivity index (χ2n) is 5.16. The van der Waals surface area contributed by atoms with Gasteiger partial charge in [-0.25, -0.2) is 0 Å². The van der Waals surface area contributed by atoms with Gasteiger partial charge in [-0.3, -0.25) is 0 Å². The van der Waals surface area contributed by atoms with Crippen LogP contribution >= 0.6 is 0 Å². The van der Waals surface area contributed by atoms with Crippen LogP contribution in [0.4, 0.5) is 0 Å². The molecular weight excluding hydrogens is 198 g/mol. The smallest absolute Gasteiger partial charge is 0.0699 e. The van der Waals surface area contributed by atoms with Crippen LogP contribution < -0.4 is 5.32 Å². The van der Waals surface area contributed by atoms with Gasteiger partial charge in [0.2, 0.25) is 0 Å². The zero-order valence-electron chi connectivity index (χ0n) is 11.3. The maximum Gasteiger partial charge on any atom is 0.0699 e. The molecule has 2 unspecified atom stereocenters. The Kier molecular flexibility index (Phi) is 7.06. The van der Waals surface area contributed by atoms with Crippen LogP contribution in [0.2, 0.25) is 0 Å². The molecule has 0 heterocycles. The molecule has 0 bridgehead atoms. The molecule has 0 radical (unpaired) electrons. The SMILES string of the molecule is CCCNC(CC)C(C)OCC1CCCC1. The predicted molar refractivity (Wildman–Crippen MR) is 69.7 cm³/mol. The summed E-state index contributed by atoms with van der Waals surface area (Å²) in [6, 6.07) is 0.529. The molecule has 0 aromatic heterocycles. The van der Waals surface area contributed by atoms with Crippen LogP contribution in [0.1, 0.15) is 59.3 Å². The lowest BCUT2D eigenvalue weighted by Crippen LogP contribution is -2.40. The van der Waals surface area contributed by atoms with E-state index in [1.54, 1.807) is 0 Å². The Labute approximate surface area is 101 Å². The summed E-state index contributed by atoms with van der Waals surface area (Å²) in [5.41, 5.74) is 0. The van der Waals surface area contributed by atoms with Crippen LogP contribution in [0, 0.1) is 5.92 Å². The van der Waals surface area contributed by atoms with Crippen LogP contribution in [0.5, 0.6) is 0 Å². The summed E-state index contributed by atoms with van der Waals surface area (Å²) in [6.45, 7) is 8.75. The van der Waals surface area contributed by atoms with Crippen molar-refractivity contribution in [1.29, 1.82) is 0 Å². The number of nitrogens with one attached hydrogen (secondary N) is 1. The Bertz CT molecular complexity index is 166. The lowest BCUT2D eigenvalue weighted by atomic mass is 10.1. The fourth-order valence-electron chi connectivity index (χ4n) is 2.55. The first kappa shape index (κ1) is 14.0. The van der Waals surface area contributed by atoms with Crippen LogP contribution in [-0.2, 0) is 4.74 Å². The fraction of sp³-hybridized carbons (Fsp3) is 1.00. The second-order valence-corrected chi connectivity index (χ2v) is 5.16. The molecule has 1 N–H and O–H groups in total. The van der Waals surface area contributed by atoms with Crippen molar-refractivity contribution >= 4 is 0 Å². The van der Waals surface area contributed by atoms with E-state index in [1.807, 2.05) is 0 Å². The number of hydrogen-bond donors (Lipinski definition) is 1. The summed E-state index contributed by atoms with van der Waals surface area (Å²) < 4.78 is 6.01. The molecule has 0 saturated heterocycles. The molecule has 0 amide bonds. The first-order valence-electron chi connectivity index (χ1n) is 7.12. The molecule has 2 heteroatoms. The minimum Gasteiger partial charge on any atom is -0.377 e. The van der Waals surface area contributed by atoms with E-state index in [0.29, 0.717) is 12.1 Å². The van der Waals surface area contributed by atoms with Gasteiger partial charge < -0.3 is 10.1 Å². The van der Waals surface area contributed by atoms with Crippen LogP contribution in [0.3, 0.4) is 0 Å². The highest BCUT2D eigenvalue weighted by Gasteiger charge is 2.19. The topological polar surface area (TPSA) is 21.3 Å². The fourth-order valence-corrected chi connectivity index (χ4v) is 2.55. The summed E-state index contributed by atoms with van der Waals surface area (Å²) in [7, 11) is 0. The van der Waals surface area contributed by atoms with Gasteiger partial charge in [-0.15, -0.1) is 0 Å². The average molecular weight is 227 g/mol. The first-order valence-corrected chi connectivity index (χ1v) is 7.12. The summed E-state index contributed by atoms with van der Waals surface area (Å²) >= 11 is 0. The maximum atomic E-state index is 6.01. The first-order chi connectivity index (χ1) is 7.77. The zero-order valence-corrected chi connectivity index (χ0v) is 11.3. The van der Waals surface area contributed by atoms with Crippen molar-refractivity contribution in [2.75, 3.05) is 13.2 Å². The lowest BCUT2D eigenvalue weighted by molar-refractivity contribution is 0.0175. The molecule has 2 nitrogen and oxygen atoms in total. The minimum absolute atomic E-state index is 0.358. The molecule has 96 valence electrons. The van der Waals surface area contributed by atoms with Crippen molar-refractivity contribution in [2.45, 2.75) is 71.4 Å². The molecular formula is C14H29NO. The summed E-state index contributed by atoms with van der Waals surface area (Å²) in [4.78, 5) is 0. The molecule has 16 heavy (non-hydrogen) atoms. The van der Waals surface area contributed by atoms with Crippen molar-refractivity contribution in [3.8, 4) is 0 Å². The van der Waals surface area contributed by atoms with E-state index in [2.05, 4.69) is 26.1 Å². The highest BCUT2D eigenvalue weighted by Crippen LogP contribution is 2.25. The maximum absolute atomic E-state index is 6.01. The molecule has 1 rings (SSSR count). The van der Waals surface area contributed by atoms with E-state index >= 15 is 0 Å². The Morgan fingerprint density at radius 2 is 1.94 bits per heavy atom. The number of hydrogen-bond acceptors (Lipinski definition) is 2. The average Bonchev–Trinajstić information content (AvgIpc) is 2.80. The van der Waals surface area contributed by atoms with E-state index in [-0.39, 0.29) is 0 Å². The third kappa shape index (κ3) is 4.84. The van der Waals surface area contributed by atoms with Gasteiger partial charge in [0.1, 0.15) is 0 Å². The van der Waals surface area contributed by atoms with Crippen molar-refractivity contribution in [3.05, 3.63) is 0 Å². The van der Waals surface area contributed by atoms with E-state index in [0.717, 1.165) is 25.5 Å². The Morgan fingerprint density at radius 1 is 1.25 bits per heavy atom. The van der Waals surface area contributed by atoms with Crippen molar-refractivity contribution < 1.29 is 4.74 Å². The normalized spacial score (nSPS) is 21.2. The van der Waals surface area contributed by atoms with Gasteiger partial charge in [0.15, 0.2) is 0 Å². The molecule has 1 aliphatic rings. The monoisotopic (exact) mass is 227 g/mol.